The molecule has 1 N–H and O–H groups in total. The van der Waals surface area contributed by atoms with Gasteiger partial charge in [0.2, 0.25) is 0 Å². The third-order valence-electron chi connectivity index (χ3n) is 4.12. The minimum absolute atomic E-state index is 0.0708. The fourth-order valence-electron chi connectivity index (χ4n) is 2.65. The Morgan fingerprint density at radius 3 is 1.83 bits per heavy atom. The Kier molecular flexibility index (Phi) is 6.09. The molecule has 0 aliphatic carbocycles. The number of carbonyl (C=O) groups excluding carboxylic acids is 1. The quantitative estimate of drug-likeness (QED) is 0.639. The number of hydrogen-bond acceptors (Lipinski definition) is 3. The van der Waals surface area contributed by atoms with E-state index in [4.69, 9.17) is 0 Å². The maximum atomic E-state index is 13.0. The molecule has 0 saturated heterocycles. The van der Waals surface area contributed by atoms with Gasteiger partial charge in [0.25, 0.3) is 10.0 Å². The summed E-state index contributed by atoms with van der Waals surface area (Å²) in [6, 6.07) is 22.0. The van der Waals surface area contributed by atoms with Gasteiger partial charge in [-0.05, 0) is 55.0 Å². The first-order valence-corrected chi connectivity index (χ1v) is 10.3. The van der Waals surface area contributed by atoms with Gasteiger partial charge in [-0.1, -0.05) is 48.5 Å². The zero-order valence-corrected chi connectivity index (χ0v) is 16.4. The Bertz CT molecular complexity index is 1070. The smallest absolute Gasteiger partial charge is 0.262 e. The number of sulfonamides is 1. The minimum atomic E-state index is -4.10. The molecule has 3 aromatic rings. The van der Waals surface area contributed by atoms with Gasteiger partial charge >= 0.3 is 6.03 Å². The number of nitrogens with zero attached hydrogens (tertiary/aromatic N) is 1. The van der Waals surface area contributed by atoms with Gasteiger partial charge in [0.05, 0.1) is 16.3 Å². The normalized spacial score (nSPS) is 11.7. The second-order valence-electron chi connectivity index (χ2n) is 6.22. The van der Waals surface area contributed by atoms with Crippen LogP contribution in [0.1, 0.15) is 12.5 Å². The third-order valence-corrected chi connectivity index (χ3v) is 5.53. The van der Waals surface area contributed by atoms with Gasteiger partial charge in [-0.2, -0.15) is 0 Å². The molecule has 148 valence electrons. The number of amides is 2. The van der Waals surface area contributed by atoms with Crippen molar-refractivity contribution in [1.82, 2.24) is 4.72 Å². The molecule has 5 nitrogen and oxygen atoms in total. The maximum absolute atomic E-state index is 13.0. The molecule has 0 aliphatic rings. The van der Waals surface area contributed by atoms with E-state index in [0.717, 1.165) is 0 Å². The van der Waals surface area contributed by atoms with E-state index in [2.05, 4.69) is 4.72 Å². The lowest BCUT2D eigenvalue weighted by Gasteiger charge is -2.23. The molecule has 0 heterocycles. The summed E-state index contributed by atoms with van der Waals surface area (Å²) in [7, 11) is -4.10. The zero-order chi connectivity index (χ0) is 20.9. The molecule has 29 heavy (non-hydrogen) atoms. The number of urea groups is 1. The standard InChI is InChI=1S/C22H19FN2O3S/c1-17(16-18-12-14-19(23)15-13-18)29(27,28)24-22(26)25(20-8-4-2-5-9-20)21-10-6-3-7-11-21/h2-16H,1H3,(H,24,26). The van der Waals surface area contributed by atoms with Crippen molar-refractivity contribution in [3.8, 4) is 0 Å². The lowest BCUT2D eigenvalue weighted by molar-refractivity contribution is 0.253. The highest BCUT2D eigenvalue weighted by Gasteiger charge is 2.24. The molecular formula is C22H19FN2O3S. The predicted molar refractivity (Wildman–Crippen MR) is 113 cm³/mol. The number of carbonyl (C=O) groups is 1. The van der Waals surface area contributed by atoms with Gasteiger partial charge in [-0.3, -0.25) is 4.90 Å². The van der Waals surface area contributed by atoms with Crippen molar-refractivity contribution in [1.29, 1.82) is 0 Å². The molecule has 0 bridgehead atoms. The third kappa shape index (κ3) is 5.08. The van der Waals surface area contributed by atoms with Gasteiger partial charge in [-0.25, -0.2) is 22.3 Å². The van der Waals surface area contributed by atoms with Crippen LogP contribution in [0.15, 0.2) is 89.8 Å². The van der Waals surface area contributed by atoms with Crippen LogP contribution in [0.2, 0.25) is 0 Å². The maximum Gasteiger partial charge on any atom is 0.340 e. The van der Waals surface area contributed by atoms with Crippen molar-refractivity contribution in [3.05, 3.63) is 101 Å². The topological polar surface area (TPSA) is 66.5 Å². The number of rotatable bonds is 5. The molecule has 0 fully saturated rings. The number of para-hydroxylation sites is 2. The summed E-state index contributed by atoms with van der Waals surface area (Å²) < 4.78 is 40.5. The number of benzene rings is 3. The second kappa shape index (κ2) is 8.70. The first-order chi connectivity index (χ1) is 13.9. The molecule has 0 unspecified atom stereocenters. The van der Waals surface area contributed by atoms with E-state index >= 15 is 0 Å². The Labute approximate surface area is 169 Å². The average Bonchev–Trinajstić information content (AvgIpc) is 2.71. The number of allylic oxidation sites excluding steroid dienone is 1. The summed E-state index contributed by atoms with van der Waals surface area (Å²) in [5, 5.41) is 0. The number of nitrogens with one attached hydrogen (secondary N) is 1. The van der Waals surface area contributed by atoms with Crippen LogP contribution < -0.4 is 9.62 Å². The van der Waals surface area contributed by atoms with Crippen LogP contribution in [0.4, 0.5) is 20.6 Å². The number of hydrogen-bond donors (Lipinski definition) is 1. The van der Waals surface area contributed by atoms with Gasteiger partial charge < -0.3 is 0 Å². The molecule has 0 aliphatic heterocycles. The van der Waals surface area contributed by atoms with Crippen LogP contribution in [0.25, 0.3) is 6.08 Å². The van der Waals surface area contributed by atoms with Crippen LogP contribution in [0, 0.1) is 5.82 Å². The fraction of sp³-hybridized carbons (Fsp3) is 0.0455. The van der Waals surface area contributed by atoms with Gasteiger partial charge in [0.1, 0.15) is 5.82 Å². The van der Waals surface area contributed by atoms with Crippen LogP contribution in [0.5, 0.6) is 0 Å². The summed E-state index contributed by atoms with van der Waals surface area (Å²) in [5.41, 5.74) is 1.54. The molecule has 0 aromatic heterocycles. The van der Waals surface area contributed by atoms with Gasteiger partial charge in [-0.15, -0.1) is 0 Å². The summed E-state index contributed by atoms with van der Waals surface area (Å²) in [6.07, 6.45) is 1.37. The summed E-state index contributed by atoms with van der Waals surface area (Å²) in [4.78, 5) is 14.1. The summed E-state index contributed by atoms with van der Waals surface area (Å²) >= 11 is 0. The minimum Gasteiger partial charge on any atom is -0.262 e. The molecule has 7 heteroatoms. The van der Waals surface area contributed by atoms with Crippen LogP contribution in [0.3, 0.4) is 0 Å². The average molecular weight is 410 g/mol. The van der Waals surface area contributed by atoms with Crippen molar-refractivity contribution in [2.24, 2.45) is 0 Å². The van der Waals surface area contributed by atoms with Crippen molar-refractivity contribution in [2.75, 3.05) is 4.90 Å². The van der Waals surface area contributed by atoms with Gasteiger partial charge in [0, 0.05) is 0 Å². The first kappa shape index (κ1) is 20.3. The number of anilines is 2. The van der Waals surface area contributed by atoms with E-state index in [1.54, 1.807) is 60.7 Å². The van der Waals surface area contributed by atoms with Crippen LogP contribution >= 0.6 is 0 Å². The van der Waals surface area contributed by atoms with E-state index in [9.17, 15) is 17.6 Å². The van der Waals surface area contributed by atoms with E-state index < -0.39 is 21.9 Å². The van der Waals surface area contributed by atoms with E-state index in [1.807, 2.05) is 0 Å². The predicted octanol–water partition coefficient (Wildman–Crippen LogP) is 5.06. The Hall–Kier alpha value is -3.45. The lowest BCUT2D eigenvalue weighted by Crippen LogP contribution is -2.40. The van der Waals surface area contributed by atoms with E-state index in [1.165, 1.54) is 42.2 Å². The van der Waals surface area contributed by atoms with E-state index in [0.29, 0.717) is 16.9 Å². The Morgan fingerprint density at radius 1 is 0.862 bits per heavy atom. The summed E-state index contributed by atoms with van der Waals surface area (Å²) in [6.45, 7) is 1.37. The zero-order valence-electron chi connectivity index (χ0n) is 15.6. The SMILES string of the molecule is CC(=Cc1ccc(F)cc1)S(=O)(=O)NC(=O)N(c1ccccc1)c1ccccc1. The Morgan fingerprint density at radius 2 is 1.34 bits per heavy atom. The second-order valence-corrected chi connectivity index (χ2v) is 8.08. The van der Waals surface area contributed by atoms with E-state index in [-0.39, 0.29) is 4.91 Å². The molecular weight excluding hydrogens is 391 g/mol. The Balaban J connectivity index is 1.89. The largest absolute Gasteiger partial charge is 0.340 e. The summed E-state index contributed by atoms with van der Waals surface area (Å²) in [5.74, 6) is -0.419. The van der Waals surface area contributed by atoms with Crippen molar-refractivity contribution < 1.29 is 17.6 Å². The highest BCUT2D eigenvalue weighted by molar-refractivity contribution is 7.94. The molecule has 0 atom stereocenters. The molecule has 2 amide bonds. The van der Waals surface area contributed by atoms with Crippen molar-refractivity contribution in [2.45, 2.75) is 6.92 Å². The van der Waals surface area contributed by atoms with Crippen molar-refractivity contribution in [3.63, 3.8) is 0 Å². The van der Waals surface area contributed by atoms with Crippen LogP contribution in [-0.4, -0.2) is 14.4 Å². The molecule has 0 spiro atoms. The lowest BCUT2D eigenvalue weighted by atomic mass is 10.2. The fourth-order valence-corrected chi connectivity index (χ4v) is 3.42. The van der Waals surface area contributed by atoms with Crippen LogP contribution in [-0.2, 0) is 10.0 Å². The molecule has 3 rings (SSSR count). The molecule has 0 radical (unpaired) electrons. The molecule has 0 saturated carbocycles. The highest BCUT2D eigenvalue weighted by Crippen LogP contribution is 2.25. The number of halogens is 1. The molecule has 3 aromatic carbocycles. The van der Waals surface area contributed by atoms with Crippen molar-refractivity contribution >= 4 is 33.5 Å². The highest BCUT2D eigenvalue weighted by atomic mass is 32.2. The van der Waals surface area contributed by atoms with Gasteiger partial charge in [0.15, 0.2) is 0 Å². The monoisotopic (exact) mass is 410 g/mol. The first-order valence-electron chi connectivity index (χ1n) is 8.78.